The number of aliphatic hydroxyl groups excluding tert-OH is 1. The Morgan fingerprint density at radius 3 is 2.71 bits per heavy atom. The summed E-state index contributed by atoms with van der Waals surface area (Å²) < 4.78 is 0. The van der Waals surface area contributed by atoms with E-state index in [1.54, 1.807) is 6.07 Å². The zero-order valence-electron chi connectivity index (χ0n) is 9.60. The van der Waals surface area contributed by atoms with Crippen molar-refractivity contribution in [2.75, 3.05) is 5.73 Å². The molecule has 0 saturated heterocycles. The van der Waals surface area contributed by atoms with Gasteiger partial charge in [0, 0.05) is 18.4 Å². The van der Waals surface area contributed by atoms with E-state index < -0.39 is 0 Å². The molecule has 1 heterocycles. The molecule has 0 radical (unpaired) electrons. The molecule has 4 N–H and O–H groups in total. The van der Waals surface area contributed by atoms with Gasteiger partial charge in [-0.1, -0.05) is 0 Å². The first-order chi connectivity index (χ1) is 8.15. The number of hydrogen-bond acceptors (Lipinski definition) is 4. The number of pyridine rings is 1. The summed E-state index contributed by atoms with van der Waals surface area (Å²) in [6, 6.07) is 1.76. The molecule has 0 unspecified atom stereocenters. The highest BCUT2D eigenvalue weighted by Crippen LogP contribution is 2.18. The molecule has 0 aromatic carbocycles. The second-order valence-electron chi connectivity index (χ2n) is 4.49. The van der Waals surface area contributed by atoms with Crippen molar-refractivity contribution in [3.05, 3.63) is 24.0 Å². The van der Waals surface area contributed by atoms with Crippen LogP contribution in [0.5, 0.6) is 0 Å². The number of nitrogen functional groups attached to an aromatic ring is 1. The average molecular weight is 235 g/mol. The van der Waals surface area contributed by atoms with Crippen LogP contribution in [0, 0.1) is 0 Å². The van der Waals surface area contributed by atoms with Crippen LogP contribution in [0.1, 0.15) is 36.0 Å². The Hall–Kier alpha value is -1.62. The molecule has 1 saturated carbocycles. The number of aromatic nitrogens is 1. The van der Waals surface area contributed by atoms with Crippen LogP contribution >= 0.6 is 0 Å². The fourth-order valence-electron chi connectivity index (χ4n) is 2.07. The number of nitrogens with two attached hydrogens (primary N) is 1. The van der Waals surface area contributed by atoms with Crippen molar-refractivity contribution in [2.24, 2.45) is 0 Å². The van der Waals surface area contributed by atoms with E-state index in [1.807, 2.05) is 0 Å². The summed E-state index contributed by atoms with van der Waals surface area (Å²) in [5, 5.41) is 12.3. The van der Waals surface area contributed by atoms with Crippen LogP contribution in [-0.4, -0.2) is 28.1 Å². The number of rotatable bonds is 2. The Bertz CT molecular complexity index is 400. The van der Waals surface area contributed by atoms with Gasteiger partial charge >= 0.3 is 0 Å². The van der Waals surface area contributed by atoms with Gasteiger partial charge in [0.2, 0.25) is 0 Å². The monoisotopic (exact) mass is 235 g/mol. The van der Waals surface area contributed by atoms with E-state index in [9.17, 15) is 9.90 Å². The summed E-state index contributed by atoms with van der Waals surface area (Å²) in [5.41, 5.74) is 6.54. The van der Waals surface area contributed by atoms with E-state index in [0.29, 0.717) is 11.3 Å². The van der Waals surface area contributed by atoms with Crippen molar-refractivity contribution >= 4 is 11.6 Å². The molecular formula is C12H17N3O2. The highest BCUT2D eigenvalue weighted by Gasteiger charge is 2.21. The highest BCUT2D eigenvalue weighted by molar-refractivity contribution is 5.94. The minimum absolute atomic E-state index is 0.146. The number of anilines is 1. The zero-order valence-corrected chi connectivity index (χ0v) is 9.60. The molecule has 5 nitrogen and oxygen atoms in total. The maximum absolute atomic E-state index is 11.9. The van der Waals surface area contributed by atoms with Gasteiger partial charge in [0.05, 0.1) is 17.4 Å². The number of amides is 1. The molecule has 1 aliphatic carbocycles. The molecule has 1 aromatic rings. The van der Waals surface area contributed by atoms with Crippen LogP contribution in [-0.2, 0) is 0 Å². The first-order valence-corrected chi connectivity index (χ1v) is 5.84. The Morgan fingerprint density at radius 1 is 1.35 bits per heavy atom. The second kappa shape index (κ2) is 5.14. The Kier molecular flexibility index (Phi) is 3.58. The van der Waals surface area contributed by atoms with Gasteiger partial charge < -0.3 is 16.2 Å². The predicted molar refractivity (Wildman–Crippen MR) is 64.4 cm³/mol. The molecule has 1 aromatic heterocycles. The predicted octanol–water partition coefficient (Wildman–Crippen LogP) is 0.697. The van der Waals surface area contributed by atoms with Gasteiger partial charge in [0.1, 0.15) is 0 Å². The van der Waals surface area contributed by atoms with E-state index in [2.05, 4.69) is 10.3 Å². The van der Waals surface area contributed by atoms with Gasteiger partial charge in [-0.2, -0.15) is 0 Å². The number of aliphatic hydroxyl groups is 1. The molecular weight excluding hydrogens is 218 g/mol. The number of nitrogens with zero attached hydrogens (tertiary/aromatic N) is 1. The summed E-state index contributed by atoms with van der Waals surface area (Å²) in [6.07, 6.45) is 5.94. The number of carbonyl (C=O) groups excluding carboxylic acids is 1. The van der Waals surface area contributed by atoms with Crippen LogP contribution in [0.3, 0.4) is 0 Å². The van der Waals surface area contributed by atoms with Gasteiger partial charge in [-0.15, -0.1) is 0 Å². The minimum atomic E-state index is -0.211. The maximum Gasteiger partial charge on any atom is 0.253 e. The molecule has 0 bridgehead atoms. The molecule has 17 heavy (non-hydrogen) atoms. The lowest BCUT2D eigenvalue weighted by Gasteiger charge is -2.26. The van der Waals surface area contributed by atoms with E-state index in [0.717, 1.165) is 25.7 Å². The van der Waals surface area contributed by atoms with E-state index in [1.165, 1.54) is 12.4 Å². The number of hydrogen-bond donors (Lipinski definition) is 3. The smallest absolute Gasteiger partial charge is 0.253 e. The van der Waals surface area contributed by atoms with Crippen LogP contribution in [0.15, 0.2) is 18.5 Å². The van der Waals surface area contributed by atoms with Gasteiger partial charge in [-0.05, 0) is 31.7 Å². The Morgan fingerprint density at radius 2 is 2.06 bits per heavy atom. The second-order valence-corrected chi connectivity index (χ2v) is 4.49. The number of carbonyl (C=O) groups is 1. The Labute approximate surface area is 100 Å². The van der Waals surface area contributed by atoms with Gasteiger partial charge in [0.15, 0.2) is 0 Å². The van der Waals surface area contributed by atoms with Crippen molar-refractivity contribution in [3.8, 4) is 0 Å². The van der Waals surface area contributed by atoms with Crippen molar-refractivity contribution < 1.29 is 9.90 Å². The van der Waals surface area contributed by atoms with E-state index >= 15 is 0 Å². The molecule has 0 atom stereocenters. The largest absolute Gasteiger partial charge is 0.397 e. The highest BCUT2D eigenvalue weighted by atomic mass is 16.3. The third kappa shape index (κ3) is 3.17. The fraction of sp³-hybridized carbons (Fsp3) is 0.500. The first kappa shape index (κ1) is 11.9. The quantitative estimate of drug-likeness (QED) is 0.704. The summed E-state index contributed by atoms with van der Waals surface area (Å²) in [6.45, 7) is 0. The lowest BCUT2D eigenvalue weighted by atomic mass is 9.93. The molecule has 0 aliphatic heterocycles. The third-order valence-corrected chi connectivity index (χ3v) is 3.05. The summed E-state index contributed by atoms with van der Waals surface area (Å²) >= 11 is 0. The first-order valence-electron chi connectivity index (χ1n) is 5.84. The van der Waals surface area contributed by atoms with Crippen molar-refractivity contribution in [1.82, 2.24) is 10.3 Å². The summed E-state index contributed by atoms with van der Waals surface area (Å²) in [4.78, 5) is 15.8. The van der Waals surface area contributed by atoms with E-state index in [4.69, 9.17) is 5.73 Å². The fourth-order valence-corrected chi connectivity index (χ4v) is 2.07. The maximum atomic E-state index is 11.9. The van der Waals surface area contributed by atoms with Crippen LogP contribution in [0.4, 0.5) is 5.69 Å². The molecule has 0 spiro atoms. The lowest BCUT2D eigenvalue weighted by Crippen LogP contribution is -2.38. The standard InChI is InChI=1S/C12H17N3O2/c13-9-5-8(6-14-7-9)12(17)15-10-1-3-11(16)4-2-10/h5-7,10-11,16H,1-4,13H2,(H,15,17). The topological polar surface area (TPSA) is 88.2 Å². The molecule has 5 heteroatoms. The minimum Gasteiger partial charge on any atom is -0.397 e. The molecule has 1 fully saturated rings. The average Bonchev–Trinajstić information content (AvgIpc) is 2.32. The summed E-state index contributed by atoms with van der Waals surface area (Å²) in [7, 11) is 0. The van der Waals surface area contributed by atoms with Crippen LogP contribution in [0.2, 0.25) is 0 Å². The van der Waals surface area contributed by atoms with Gasteiger partial charge in [-0.3, -0.25) is 9.78 Å². The van der Waals surface area contributed by atoms with Gasteiger partial charge in [-0.25, -0.2) is 0 Å². The van der Waals surface area contributed by atoms with Crippen molar-refractivity contribution in [2.45, 2.75) is 37.8 Å². The number of nitrogens with one attached hydrogen (secondary N) is 1. The normalized spacial score (nSPS) is 24.3. The van der Waals surface area contributed by atoms with Crippen molar-refractivity contribution in [1.29, 1.82) is 0 Å². The molecule has 1 amide bonds. The zero-order chi connectivity index (χ0) is 12.3. The molecule has 92 valence electrons. The third-order valence-electron chi connectivity index (χ3n) is 3.05. The molecule has 2 rings (SSSR count). The van der Waals surface area contributed by atoms with Crippen LogP contribution < -0.4 is 11.1 Å². The Balaban J connectivity index is 1.93. The summed E-state index contributed by atoms with van der Waals surface area (Å²) in [5.74, 6) is -0.147. The van der Waals surface area contributed by atoms with E-state index in [-0.39, 0.29) is 18.1 Å². The van der Waals surface area contributed by atoms with Gasteiger partial charge in [0.25, 0.3) is 5.91 Å². The SMILES string of the molecule is Nc1cncc(C(=O)NC2CCC(O)CC2)c1. The van der Waals surface area contributed by atoms with Crippen molar-refractivity contribution in [3.63, 3.8) is 0 Å². The molecule has 1 aliphatic rings. The lowest BCUT2D eigenvalue weighted by molar-refractivity contribution is 0.0867. The van der Waals surface area contributed by atoms with Crippen LogP contribution in [0.25, 0.3) is 0 Å².